The third-order valence-corrected chi connectivity index (χ3v) is 2.93. The molecule has 0 amide bonds. The van der Waals surface area contributed by atoms with E-state index in [1.807, 2.05) is 6.92 Å². The van der Waals surface area contributed by atoms with Gasteiger partial charge in [0.05, 0.1) is 6.20 Å². The average molecular weight is 224 g/mol. The van der Waals surface area contributed by atoms with Crippen LogP contribution >= 0.6 is 0 Å². The Morgan fingerprint density at radius 1 is 1.31 bits per heavy atom. The molecule has 3 heteroatoms. The Kier molecular flexibility index (Phi) is 4.87. The van der Waals surface area contributed by atoms with E-state index in [0.29, 0.717) is 12.0 Å². The summed E-state index contributed by atoms with van der Waals surface area (Å²) in [6.07, 6.45) is 4.02. The van der Waals surface area contributed by atoms with Crippen molar-refractivity contribution in [2.24, 2.45) is 5.92 Å². The molecule has 0 fully saturated rings. The van der Waals surface area contributed by atoms with Crippen LogP contribution in [0.4, 0.5) is 4.39 Å². The SMILES string of the molecule is CCC(NC(C)c1cncc(F)c1)C(C)C. The second kappa shape index (κ2) is 5.94. The summed E-state index contributed by atoms with van der Waals surface area (Å²) in [4.78, 5) is 3.87. The van der Waals surface area contributed by atoms with Crippen molar-refractivity contribution in [3.8, 4) is 0 Å². The minimum Gasteiger partial charge on any atom is -0.307 e. The molecular weight excluding hydrogens is 203 g/mol. The normalized spacial score (nSPS) is 15.1. The van der Waals surface area contributed by atoms with Crippen molar-refractivity contribution < 1.29 is 4.39 Å². The predicted octanol–water partition coefficient (Wildman–Crippen LogP) is 3.31. The monoisotopic (exact) mass is 224 g/mol. The molecule has 0 saturated carbocycles. The summed E-state index contributed by atoms with van der Waals surface area (Å²) in [5, 5.41) is 3.50. The fraction of sp³-hybridized carbons (Fsp3) is 0.615. The van der Waals surface area contributed by atoms with Crippen molar-refractivity contribution in [2.45, 2.75) is 46.2 Å². The highest BCUT2D eigenvalue weighted by Crippen LogP contribution is 2.16. The zero-order chi connectivity index (χ0) is 12.1. The summed E-state index contributed by atoms with van der Waals surface area (Å²) < 4.78 is 13.0. The molecule has 0 aliphatic heterocycles. The van der Waals surface area contributed by atoms with Crippen LogP contribution < -0.4 is 5.32 Å². The number of aromatic nitrogens is 1. The molecular formula is C13H21FN2. The number of halogens is 1. The maximum absolute atomic E-state index is 13.0. The van der Waals surface area contributed by atoms with E-state index in [9.17, 15) is 4.39 Å². The fourth-order valence-corrected chi connectivity index (χ4v) is 1.86. The van der Waals surface area contributed by atoms with Gasteiger partial charge in [-0.3, -0.25) is 4.98 Å². The molecule has 2 unspecified atom stereocenters. The van der Waals surface area contributed by atoms with Gasteiger partial charge >= 0.3 is 0 Å². The molecule has 0 bridgehead atoms. The number of hydrogen-bond acceptors (Lipinski definition) is 2. The summed E-state index contributed by atoms with van der Waals surface area (Å²) in [6.45, 7) is 8.59. The largest absolute Gasteiger partial charge is 0.307 e. The smallest absolute Gasteiger partial charge is 0.141 e. The van der Waals surface area contributed by atoms with Crippen molar-refractivity contribution in [3.63, 3.8) is 0 Å². The lowest BCUT2D eigenvalue weighted by atomic mass is 9.99. The van der Waals surface area contributed by atoms with Gasteiger partial charge < -0.3 is 5.32 Å². The molecule has 0 spiro atoms. The van der Waals surface area contributed by atoms with Crippen LogP contribution in [-0.4, -0.2) is 11.0 Å². The number of nitrogens with zero attached hydrogens (tertiary/aromatic N) is 1. The first kappa shape index (κ1) is 13.1. The first-order valence-corrected chi connectivity index (χ1v) is 5.91. The summed E-state index contributed by atoms with van der Waals surface area (Å²) in [6, 6.07) is 2.13. The average Bonchev–Trinajstić information content (AvgIpc) is 2.25. The maximum Gasteiger partial charge on any atom is 0.141 e. The Bertz CT molecular complexity index is 325. The van der Waals surface area contributed by atoms with Gasteiger partial charge in [-0.2, -0.15) is 0 Å². The van der Waals surface area contributed by atoms with Gasteiger partial charge in [0.25, 0.3) is 0 Å². The van der Waals surface area contributed by atoms with E-state index in [1.165, 1.54) is 12.3 Å². The highest BCUT2D eigenvalue weighted by Gasteiger charge is 2.15. The zero-order valence-electron chi connectivity index (χ0n) is 10.5. The summed E-state index contributed by atoms with van der Waals surface area (Å²) in [5.74, 6) is 0.303. The first-order valence-electron chi connectivity index (χ1n) is 5.91. The number of nitrogens with one attached hydrogen (secondary N) is 1. The van der Waals surface area contributed by atoms with Crippen LogP contribution in [0.5, 0.6) is 0 Å². The Balaban J connectivity index is 2.67. The molecule has 1 aromatic rings. The molecule has 2 atom stereocenters. The van der Waals surface area contributed by atoms with E-state index in [-0.39, 0.29) is 11.9 Å². The van der Waals surface area contributed by atoms with Crippen LogP contribution in [0.2, 0.25) is 0 Å². The van der Waals surface area contributed by atoms with E-state index in [4.69, 9.17) is 0 Å². The van der Waals surface area contributed by atoms with E-state index in [1.54, 1.807) is 6.20 Å². The number of pyridine rings is 1. The molecule has 0 aliphatic carbocycles. The fourth-order valence-electron chi connectivity index (χ4n) is 1.86. The van der Waals surface area contributed by atoms with Crippen LogP contribution in [-0.2, 0) is 0 Å². The van der Waals surface area contributed by atoms with Crippen LogP contribution in [0.25, 0.3) is 0 Å². The molecule has 0 aliphatic rings. The Morgan fingerprint density at radius 2 is 2.00 bits per heavy atom. The van der Waals surface area contributed by atoms with Crippen molar-refractivity contribution in [2.75, 3.05) is 0 Å². The van der Waals surface area contributed by atoms with Crippen molar-refractivity contribution in [3.05, 3.63) is 29.8 Å². The molecule has 2 nitrogen and oxygen atoms in total. The van der Waals surface area contributed by atoms with Gasteiger partial charge in [0.2, 0.25) is 0 Å². The second-order valence-corrected chi connectivity index (χ2v) is 4.58. The molecule has 0 saturated heterocycles. The highest BCUT2D eigenvalue weighted by atomic mass is 19.1. The summed E-state index contributed by atoms with van der Waals surface area (Å²) in [5.41, 5.74) is 0.902. The van der Waals surface area contributed by atoms with Crippen molar-refractivity contribution in [1.29, 1.82) is 0 Å². The van der Waals surface area contributed by atoms with Gasteiger partial charge in [-0.05, 0) is 30.9 Å². The van der Waals surface area contributed by atoms with Crippen molar-refractivity contribution in [1.82, 2.24) is 10.3 Å². The standard InChI is InChI=1S/C13H21FN2/c1-5-13(9(2)3)16-10(4)11-6-12(14)8-15-7-11/h6-10,13,16H,5H2,1-4H3. The van der Waals surface area contributed by atoms with Crippen LogP contribution in [0.15, 0.2) is 18.5 Å². The minimum absolute atomic E-state index is 0.135. The van der Waals surface area contributed by atoms with E-state index >= 15 is 0 Å². The van der Waals surface area contributed by atoms with Crippen LogP contribution in [0.1, 0.15) is 45.7 Å². The molecule has 90 valence electrons. The van der Waals surface area contributed by atoms with Crippen molar-refractivity contribution >= 4 is 0 Å². The van der Waals surface area contributed by atoms with Gasteiger partial charge in [-0.15, -0.1) is 0 Å². The molecule has 1 heterocycles. The van der Waals surface area contributed by atoms with Gasteiger partial charge in [-0.1, -0.05) is 20.8 Å². The third-order valence-electron chi connectivity index (χ3n) is 2.93. The topological polar surface area (TPSA) is 24.9 Å². The molecule has 0 aromatic carbocycles. The maximum atomic E-state index is 13.0. The summed E-state index contributed by atoms with van der Waals surface area (Å²) >= 11 is 0. The lowest BCUT2D eigenvalue weighted by Crippen LogP contribution is -2.35. The second-order valence-electron chi connectivity index (χ2n) is 4.58. The molecule has 1 N–H and O–H groups in total. The van der Waals surface area contributed by atoms with E-state index in [0.717, 1.165) is 12.0 Å². The Hall–Kier alpha value is -0.960. The van der Waals surface area contributed by atoms with E-state index in [2.05, 4.69) is 31.1 Å². The minimum atomic E-state index is -0.274. The highest BCUT2D eigenvalue weighted by molar-refractivity contribution is 5.14. The molecule has 0 radical (unpaired) electrons. The zero-order valence-corrected chi connectivity index (χ0v) is 10.5. The van der Waals surface area contributed by atoms with Gasteiger partial charge in [0.1, 0.15) is 5.82 Å². The van der Waals surface area contributed by atoms with Crippen LogP contribution in [0.3, 0.4) is 0 Å². The first-order chi connectivity index (χ1) is 7.54. The third kappa shape index (κ3) is 3.56. The van der Waals surface area contributed by atoms with Gasteiger partial charge in [0, 0.05) is 18.3 Å². The number of rotatable bonds is 5. The van der Waals surface area contributed by atoms with Gasteiger partial charge in [-0.25, -0.2) is 4.39 Å². The van der Waals surface area contributed by atoms with Crippen LogP contribution in [0, 0.1) is 11.7 Å². The molecule has 1 aromatic heterocycles. The molecule has 16 heavy (non-hydrogen) atoms. The predicted molar refractivity (Wildman–Crippen MR) is 64.7 cm³/mol. The van der Waals surface area contributed by atoms with Gasteiger partial charge in [0.15, 0.2) is 0 Å². The quantitative estimate of drug-likeness (QED) is 0.830. The summed E-state index contributed by atoms with van der Waals surface area (Å²) in [7, 11) is 0. The number of hydrogen-bond donors (Lipinski definition) is 1. The van der Waals surface area contributed by atoms with E-state index < -0.39 is 0 Å². The molecule has 1 rings (SSSR count). The Labute approximate surface area is 97.3 Å². The Morgan fingerprint density at radius 3 is 2.50 bits per heavy atom. The lowest BCUT2D eigenvalue weighted by Gasteiger charge is -2.25. The lowest BCUT2D eigenvalue weighted by molar-refractivity contribution is 0.355.